The molecule has 1 heterocycles. The normalized spacial score (nSPS) is 22.2. The summed E-state index contributed by atoms with van der Waals surface area (Å²) in [6, 6.07) is 0.00492. The van der Waals surface area contributed by atoms with Gasteiger partial charge in [-0.25, -0.2) is 4.79 Å². The first-order chi connectivity index (χ1) is 11.2. The molecule has 0 bridgehead atoms. The van der Waals surface area contributed by atoms with E-state index in [2.05, 4.69) is 44.5 Å². The Morgan fingerprint density at radius 1 is 1.20 bits per heavy atom. The third kappa shape index (κ3) is 7.60. The van der Waals surface area contributed by atoms with E-state index in [1.165, 1.54) is 0 Å². The third-order valence-corrected chi connectivity index (χ3v) is 9.21. The minimum atomic E-state index is -1.92. The number of ether oxygens (including phenoxy) is 2. The van der Waals surface area contributed by atoms with E-state index in [0.717, 1.165) is 6.42 Å². The van der Waals surface area contributed by atoms with E-state index >= 15 is 0 Å². The number of rotatable bonds is 3. The second-order valence-corrected chi connectivity index (χ2v) is 14.2. The number of hydrogen-bond donors (Lipinski definition) is 2. The number of carbonyl (C=O) groups excluding carboxylic acids is 1. The van der Waals surface area contributed by atoms with Crippen LogP contribution >= 0.6 is 12.2 Å². The van der Waals surface area contributed by atoms with Crippen LogP contribution in [-0.4, -0.2) is 50.5 Å². The SMILES string of the molecule is CC(C)(C)OC(=O)NC(=S)N[C@H]1CCOC[C@@H]1O[Si](C)(C)C(C)(C)C. The molecule has 1 fully saturated rings. The molecule has 1 rings (SSSR count). The number of nitrogens with one attached hydrogen (secondary N) is 2. The molecule has 2 N–H and O–H groups in total. The summed E-state index contributed by atoms with van der Waals surface area (Å²) in [5.74, 6) is 0. The Morgan fingerprint density at radius 3 is 2.32 bits per heavy atom. The molecule has 0 aliphatic carbocycles. The molecule has 8 heteroatoms. The first-order valence-corrected chi connectivity index (χ1v) is 12.1. The number of alkyl carbamates (subject to hydrolysis) is 1. The Labute approximate surface area is 158 Å². The fourth-order valence-corrected chi connectivity index (χ4v) is 3.73. The van der Waals surface area contributed by atoms with Crippen LogP contribution in [0.4, 0.5) is 4.79 Å². The van der Waals surface area contributed by atoms with Crippen molar-refractivity contribution >= 4 is 31.7 Å². The highest BCUT2D eigenvalue weighted by atomic mass is 32.1. The molecule has 0 aromatic heterocycles. The number of thiocarbonyl (C=S) groups is 1. The summed E-state index contributed by atoms with van der Waals surface area (Å²) in [4.78, 5) is 11.8. The van der Waals surface area contributed by atoms with Gasteiger partial charge in [-0.05, 0) is 57.5 Å². The molecule has 25 heavy (non-hydrogen) atoms. The van der Waals surface area contributed by atoms with E-state index in [-0.39, 0.29) is 22.3 Å². The fourth-order valence-electron chi connectivity index (χ4n) is 2.15. The standard InChI is InChI=1S/C17H34N2O4SSi/c1-16(2,3)22-15(20)19-14(24)18-12-9-10-21-11-13(12)23-25(7,8)17(4,5)6/h12-13H,9-11H2,1-8H3,(H2,18,19,20,24)/t12-,13-/m0/s1. The van der Waals surface area contributed by atoms with Crippen molar-refractivity contribution < 1.29 is 18.7 Å². The van der Waals surface area contributed by atoms with E-state index in [0.29, 0.717) is 13.2 Å². The summed E-state index contributed by atoms with van der Waals surface area (Å²) < 4.78 is 17.3. The second kappa shape index (κ2) is 8.33. The Hall–Kier alpha value is -0.703. The van der Waals surface area contributed by atoms with Crippen LogP contribution in [0.1, 0.15) is 48.0 Å². The molecule has 6 nitrogen and oxygen atoms in total. The van der Waals surface area contributed by atoms with Crippen LogP contribution in [0.3, 0.4) is 0 Å². The Kier molecular flexibility index (Phi) is 7.44. The van der Waals surface area contributed by atoms with Gasteiger partial charge in [0.25, 0.3) is 0 Å². The lowest BCUT2D eigenvalue weighted by atomic mass is 10.1. The first kappa shape index (κ1) is 22.3. The van der Waals surface area contributed by atoms with Gasteiger partial charge in [0.1, 0.15) is 5.60 Å². The zero-order valence-corrected chi connectivity index (χ0v) is 18.6. The quantitative estimate of drug-likeness (QED) is 0.567. The van der Waals surface area contributed by atoms with Gasteiger partial charge in [-0.1, -0.05) is 20.8 Å². The highest BCUT2D eigenvalue weighted by Gasteiger charge is 2.41. The molecule has 146 valence electrons. The highest BCUT2D eigenvalue weighted by Crippen LogP contribution is 2.38. The Morgan fingerprint density at radius 2 is 1.80 bits per heavy atom. The molecule has 1 aliphatic heterocycles. The molecule has 0 aromatic rings. The van der Waals surface area contributed by atoms with Crippen LogP contribution in [-0.2, 0) is 13.9 Å². The fraction of sp³-hybridized carbons (Fsp3) is 0.882. The van der Waals surface area contributed by atoms with Gasteiger partial charge in [0.15, 0.2) is 13.4 Å². The van der Waals surface area contributed by atoms with E-state index in [1.807, 2.05) is 20.8 Å². The second-order valence-electron chi connectivity index (χ2n) is 8.99. The van der Waals surface area contributed by atoms with Crippen LogP contribution < -0.4 is 10.6 Å². The third-order valence-electron chi connectivity index (χ3n) is 4.49. The molecule has 0 saturated carbocycles. The smallest absolute Gasteiger partial charge is 0.413 e. The van der Waals surface area contributed by atoms with Crippen LogP contribution in [0.15, 0.2) is 0 Å². The summed E-state index contributed by atoms with van der Waals surface area (Å²) in [7, 11) is -1.92. The lowest BCUT2D eigenvalue weighted by Gasteiger charge is -2.43. The molecule has 0 aromatic carbocycles. The molecule has 0 unspecified atom stereocenters. The summed E-state index contributed by atoms with van der Waals surface area (Å²) in [5, 5.41) is 6.14. The Bertz CT molecular complexity index is 486. The van der Waals surface area contributed by atoms with E-state index in [9.17, 15) is 4.79 Å². The highest BCUT2D eigenvalue weighted by molar-refractivity contribution is 7.80. The predicted molar refractivity (Wildman–Crippen MR) is 106 cm³/mol. The average molecular weight is 391 g/mol. The van der Waals surface area contributed by atoms with Crippen molar-refractivity contribution in [2.24, 2.45) is 0 Å². The zero-order valence-electron chi connectivity index (χ0n) is 16.8. The first-order valence-electron chi connectivity index (χ1n) is 8.77. The molecule has 1 saturated heterocycles. The maximum atomic E-state index is 11.8. The number of amides is 1. The van der Waals surface area contributed by atoms with Crippen LogP contribution in [0.2, 0.25) is 18.1 Å². The van der Waals surface area contributed by atoms with Gasteiger partial charge >= 0.3 is 6.09 Å². The zero-order chi connectivity index (χ0) is 19.5. The summed E-state index contributed by atoms with van der Waals surface area (Å²) >= 11 is 5.26. The predicted octanol–water partition coefficient (Wildman–Crippen LogP) is 3.56. The van der Waals surface area contributed by atoms with Crippen molar-refractivity contribution in [1.29, 1.82) is 0 Å². The van der Waals surface area contributed by atoms with Gasteiger partial charge < -0.3 is 19.2 Å². The minimum absolute atomic E-state index is 0.00492. The van der Waals surface area contributed by atoms with Crippen molar-refractivity contribution in [3.63, 3.8) is 0 Å². The molecular formula is C17H34N2O4SSi. The van der Waals surface area contributed by atoms with Crippen LogP contribution in [0.25, 0.3) is 0 Å². The van der Waals surface area contributed by atoms with Gasteiger partial charge in [0.05, 0.1) is 18.8 Å². The monoisotopic (exact) mass is 390 g/mol. The van der Waals surface area contributed by atoms with E-state index < -0.39 is 20.0 Å². The summed E-state index contributed by atoms with van der Waals surface area (Å²) in [5.41, 5.74) is -0.563. The van der Waals surface area contributed by atoms with Gasteiger partial charge in [-0.15, -0.1) is 0 Å². The maximum Gasteiger partial charge on any atom is 0.413 e. The average Bonchev–Trinajstić information content (AvgIpc) is 2.36. The van der Waals surface area contributed by atoms with Gasteiger partial charge in [0.2, 0.25) is 0 Å². The molecule has 1 aliphatic rings. The number of hydrogen-bond acceptors (Lipinski definition) is 5. The number of carbonyl (C=O) groups is 1. The lowest BCUT2D eigenvalue weighted by Crippen LogP contribution is -2.57. The maximum absolute atomic E-state index is 11.8. The largest absolute Gasteiger partial charge is 0.444 e. The molecule has 0 spiro atoms. The lowest BCUT2D eigenvalue weighted by molar-refractivity contribution is -0.0166. The molecule has 1 amide bonds. The van der Waals surface area contributed by atoms with Crippen LogP contribution in [0.5, 0.6) is 0 Å². The van der Waals surface area contributed by atoms with Crippen molar-refractivity contribution in [3.8, 4) is 0 Å². The summed E-state index contributed by atoms with van der Waals surface area (Å²) in [6.45, 7) is 17.7. The van der Waals surface area contributed by atoms with Crippen molar-refractivity contribution in [1.82, 2.24) is 10.6 Å². The van der Waals surface area contributed by atoms with E-state index in [4.69, 9.17) is 26.1 Å². The van der Waals surface area contributed by atoms with E-state index in [1.54, 1.807) is 0 Å². The van der Waals surface area contributed by atoms with Crippen molar-refractivity contribution in [3.05, 3.63) is 0 Å². The Balaban J connectivity index is 2.65. The molecule has 2 atom stereocenters. The molecular weight excluding hydrogens is 356 g/mol. The van der Waals surface area contributed by atoms with Crippen LogP contribution in [0, 0.1) is 0 Å². The topological polar surface area (TPSA) is 68.8 Å². The van der Waals surface area contributed by atoms with Crippen molar-refractivity contribution in [2.75, 3.05) is 13.2 Å². The van der Waals surface area contributed by atoms with Crippen molar-refractivity contribution in [2.45, 2.75) is 83.8 Å². The van der Waals surface area contributed by atoms with Gasteiger partial charge in [0, 0.05) is 6.61 Å². The van der Waals surface area contributed by atoms with Gasteiger partial charge in [-0.3, -0.25) is 5.32 Å². The molecule has 0 radical (unpaired) electrons. The van der Waals surface area contributed by atoms with Gasteiger partial charge in [-0.2, -0.15) is 0 Å². The summed E-state index contributed by atoms with van der Waals surface area (Å²) in [6.07, 6.45) is 0.127. The minimum Gasteiger partial charge on any atom is -0.444 e.